The lowest BCUT2D eigenvalue weighted by Gasteiger charge is -2.17. The quantitative estimate of drug-likeness (QED) is 0.457. The van der Waals surface area contributed by atoms with Gasteiger partial charge in [-0.25, -0.2) is 14.6 Å². The van der Waals surface area contributed by atoms with Crippen molar-refractivity contribution in [3.8, 4) is 17.4 Å². The van der Waals surface area contributed by atoms with E-state index in [-0.39, 0.29) is 11.9 Å². The van der Waals surface area contributed by atoms with Crippen molar-refractivity contribution in [3.05, 3.63) is 84.0 Å². The Morgan fingerprint density at radius 3 is 2.76 bits per heavy atom. The number of nitrogens with one attached hydrogen (secondary N) is 1. The lowest BCUT2D eigenvalue weighted by atomic mass is 10.1. The summed E-state index contributed by atoms with van der Waals surface area (Å²) in [6.07, 6.45) is 7.99. The first-order chi connectivity index (χ1) is 16.7. The number of carbonyl (C=O) groups excluding carboxylic acids is 1. The maximum absolute atomic E-state index is 13.3. The SMILES string of the molecule is O=C(NC1CCN(Cc2ccccc2)C1)c1cnn(-c2nccc(-c3ccco3)n2)c1C1CC1. The Balaban J connectivity index is 1.19. The molecule has 3 aromatic heterocycles. The Morgan fingerprint density at radius 2 is 1.97 bits per heavy atom. The molecule has 1 unspecified atom stereocenters. The van der Waals surface area contributed by atoms with Crippen molar-refractivity contribution in [1.29, 1.82) is 0 Å². The zero-order valence-corrected chi connectivity index (χ0v) is 18.8. The second-order valence-electron chi connectivity index (χ2n) is 9.03. The Morgan fingerprint density at radius 1 is 1.09 bits per heavy atom. The van der Waals surface area contributed by atoms with E-state index in [0.29, 0.717) is 28.9 Å². The number of hydrogen-bond donors (Lipinski definition) is 1. The van der Waals surface area contributed by atoms with Crippen molar-refractivity contribution >= 4 is 5.91 Å². The van der Waals surface area contributed by atoms with E-state index >= 15 is 0 Å². The van der Waals surface area contributed by atoms with Crippen LogP contribution in [0.2, 0.25) is 0 Å². The van der Waals surface area contributed by atoms with Gasteiger partial charge in [-0.15, -0.1) is 0 Å². The van der Waals surface area contributed by atoms with Crippen molar-refractivity contribution in [2.24, 2.45) is 0 Å². The molecule has 1 aromatic carbocycles. The summed E-state index contributed by atoms with van der Waals surface area (Å²) in [5.41, 5.74) is 3.50. The van der Waals surface area contributed by atoms with Gasteiger partial charge >= 0.3 is 0 Å². The second kappa shape index (κ2) is 8.87. The van der Waals surface area contributed by atoms with Crippen molar-refractivity contribution in [2.75, 3.05) is 13.1 Å². The average Bonchev–Trinajstić information content (AvgIpc) is 3.25. The lowest BCUT2D eigenvalue weighted by Crippen LogP contribution is -2.37. The molecule has 1 saturated carbocycles. The van der Waals surface area contributed by atoms with Crippen molar-refractivity contribution in [1.82, 2.24) is 30.0 Å². The number of carbonyl (C=O) groups is 1. The topological polar surface area (TPSA) is 89.1 Å². The predicted octanol–water partition coefficient (Wildman–Crippen LogP) is 3.80. The van der Waals surface area contributed by atoms with E-state index in [1.54, 1.807) is 29.4 Å². The van der Waals surface area contributed by atoms with Gasteiger partial charge in [0.05, 0.1) is 23.7 Å². The van der Waals surface area contributed by atoms with Gasteiger partial charge in [-0.3, -0.25) is 9.69 Å². The smallest absolute Gasteiger partial charge is 0.255 e. The predicted molar refractivity (Wildman–Crippen MR) is 126 cm³/mol. The fourth-order valence-electron chi connectivity index (χ4n) is 4.65. The number of rotatable bonds is 7. The Bertz CT molecular complexity index is 1280. The summed E-state index contributed by atoms with van der Waals surface area (Å²) in [6.45, 7) is 2.73. The Kier molecular flexibility index (Phi) is 5.43. The van der Waals surface area contributed by atoms with E-state index in [0.717, 1.165) is 44.6 Å². The van der Waals surface area contributed by atoms with Gasteiger partial charge in [-0.2, -0.15) is 5.10 Å². The molecule has 2 aliphatic rings. The molecule has 172 valence electrons. The van der Waals surface area contributed by atoms with Crippen LogP contribution < -0.4 is 5.32 Å². The highest BCUT2D eigenvalue weighted by atomic mass is 16.3. The molecule has 6 rings (SSSR count). The summed E-state index contributed by atoms with van der Waals surface area (Å²) in [6, 6.07) is 16.1. The molecular weight excluding hydrogens is 428 g/mol. The van der Waals surface area contributed by atoms with Gasteiger partial charge in [0.2, 0.25) is 0 Å². The number of amides is 1. The first-order valence-electron chi connectivity index (χ1n) is 11.8. The molecule has 1 aliphatic carbocycles. The van der Waals surface area contributed by atoms with Crippen LogP contribution in [0.5, 0.6) is 0 Å². The Hall–Kier alpha value is -3.78. The summed E-state index contributed by atoms with van der Waals surface area (Å²) < 4.78 is 7.19. The zero-order valence-electron chi connectivity index (χ0n) is 18.8. The van der Waals surface area contributed by atoms with Gasteiger partial charge in [0.15, 0.2) is 5.76 Å². The van der Waals surface area contributed by atoms with Crippen molar-refractivity contribution < 1.29 is 9.21 Å². The minimum atomic E-state index is -0.0677. The lowest BCUT2D eigenvalue weighted by molar-refractivity contribution is 0.0936. The number of hydrogen-bond acceptors (Lipinski definition) is 6. The van der Waals surface area contributed by atoms with E-state index in [1.165, 1.54) is 5.56 Å². The Labute approximate surface area is 197 Å². The summed E-state index contributed by atoms with van der Waals surface area (Å²) in [5, 5.41) is 7.77. The molecule has 1 amide bonds. The van der Waals surface area contributed by atoms with E-state index in [2.05, 4.69) is 49.5 Å². The van der Waals surface area contributed by atoms with E-state index in [1.807, 2.05) is 18.2 Å². The zero-order chi connectivity index (χ0) is 22.9. The van der Waals surface area contributed by atoms with Gasteiger partial charge in [0.1, 0.15) is 5.69 Å². The monoisotopic (exact) mass is 454 g/mol. The van der Waals surface area contributed by atoms with Crippen molar-refractivity contribution in [3.63, 3.8) is 0 Å². The van der Waals surface area contributed by atoms with Gasteiger partial charge in [0.25, 0.3) is 11.9 Å². The molecular formula is C26H26N6O2. The maximum Gasteiger partial charge on any atom is 0.255 e. The molecule has 4 aromatic rings. The molecule has 34 heavy (non-hydrogen) atoms. The highest BCUT2D eigenvalue weighted by Gasteiger charge is 2.34. The summed E-state index contributed by atoms with van der Waals surface area (Å²) in [4.78, 5) is 24.7. The molecule has 0 bridgehead atoms. The van der Waals surface area contributed by atoms with E-state index in [4.69, 9.17) is 4.42 Å². The van der Waals surface area contributed by atoms with E-state index < -0.39 is 0 Å². The summed E-state index contributed by atoms with van der Waals surface area (Å²) >= 11 is 0. The number of benzene rings is 1. The maximum atomic E-state index is 13.3. The van der Waals surface area contributed by atoms with Crippen LogP contribution in [0.15, 0.2) is 71.6 Å². The number of furan rings is 1. The van der Waals surface area contributed by atoms with Crippen LogP contribution in [-0.2, 0) is 6.54 Å². The third kappa shape index (κ3) is 4.24. The van der Waals surface area contributed by atoms with Gasteiger partial charge in [0, 0.05) is 37.8 Å². The van der Waals surface area contributed by atoms with Crippen LogP contribution in [0.1, 0.15) is 46.8 Å². The van der Waals surface area contributed by atoms with Crippen LogP contribution >= 0.6 is 0 Å². The third-order valence-electron chi connectivity index (χ3n) is 6.48. The van der Waals surface area contributed by atoms with E-state index in [9.17, 15) is 4.79 Å². The third-order valence-corrected chi connectivity index (χ3v) is 6.48. The van der Waals surface area contributed by atoms with Gasteiger partial charge in [-0.05, 0) is 43.0 Å². The largest absolute Gasteiger partial charge is 0.463 e. The molecule has 1 N–H and O–H groups in total. The first kappa shape index (κ1) is 20.8. The van der Waals surface area contributed by atoms with Crippen LogP contribution in [0.3, 0.4) is 0 Å². The molecule has 0 radical (unpaired) electrons. The molecule has 0 spiro atoms. The van der Waals surface area contributed by atoms with Gasteiger partial charge < -0.3 is 9.73 Å². The summed E-state index contributed by atoms with van der Waals surface area (Å²) in [5.74, 6) is 1.35. The average molecular weight is 455 g/mol. The van der Waals surface area contributed by atoms with Crippen LogP contribution in [-0.4, -0.2) is 49.7 Å². The highest BCUT2D eigenvalue weighted by Crippen LogP contribution is 2.42. The number of aromatic nitrogens is 4. The van der Waals surface area contributed by atoms with Crippen LogP contribution in [0, 0.1) is 0 Å². The molecule has 4 heterocycles. The fraction of sp³-hybridized carbons (Fsp3) is 0.308. The molecule has 1 aliphatic heterocycles. The van der Waals surface area contributed by atoms with Crippen molar-refractivity contribution in [2.45, 2.75) is 37.8 Å². The normalized spacial score (nSPS) is 18.3. The molecule has 1 atom stereocenters. The van der Waals surface area contributed by atoms with Crippen LogP contribution in [0.4, 0.5) is 0 Å². The standard InChI is InChI=1S/C26H26N6O2/c33-25(29-20-11-13-31(17-20)16-18-5-2-1-3-6-18)21-15-28-32(24(21)19-8-9-19)26-27-12-10-22(30-26)23-7-4-14-34-23/h1-7,10,12,14-15,19-20H,8-9,11,13,16-17H2,(H,29,33). The first-order valence-corrected chi connectivity index (χ1v) is 11.8. The molecule has 2 fully saturated rings. The molecule has 8 nitrogen and oxygen atoms in total. The molecule has 1 saturated heterocycles. The summed E-state index contributed by atoms with van der Waals surface area (Å²) in [7, 11) is 0. The number of nitrogens with zero attached hydrogens (tertiary/aromatic N) is 5. The van der Waals surface area contributed by atoms with Gasteiger partial charge in [-0.1, -0.05) is 30.3 Å². The minimum absolute atomic E-state index is 0.0677. The minimum Gasteiger partial charge on any atom is -0.463 e. The fourth-order valence-corrected chi connectivity index (χ4v) is 4.65. The highest BCUT2D eigenvalue weighted by molar-refractivity contribution is 5.95. The second-order valence-corrected chi connectivity index (χ2v) is 9.03. The van der Waals surface area contributed by atoms with Crippen LogP contribution in [0.25, 0.3) is 17.4 Å². The number of likely N-dealkylation sites (tertiary alicyclic amines) is 1. The molecule has 8 heteroatoms.